The summed E-state index contributed by atoms with van der Waals surface area (Å²) in [5.41, 5.74) is 3.86. The Hall–Kier alpha value is -3.53. The van der Waals surface area contributed by atoms with Crippen LogP contribution in [0.25, 0.3) is 11.0 Å². The molecule has 7 rings (SSSR count). The summed E-state index contributed by atoms with van der Waals surface area (Å²) in [5, 5.41) is 0.360. The maximum atomic E-state index is 14.2. The van der Waals surface area contributed by atoms with Gasteiger partial charge in [-0.1, -0.05) is 23.7 Å². The number of rotatable bonds is 9. The molecule has 0 unspecified atom stereocenters. The number of hydrogen-bond acceptors (Lipinski definition) is 7. The average Bonchev–Trinajstić information content (AvgIpc) is 3.62. The van der Waals surface area contributed by atoms with Crippen LogP contribution in [-0.2, 0) is 34.6 Å². The monoisotopic (exact) mass is 590 g/mol. The first-order chi connectivity index (χ1) is 20.4. The van der Waals surface area contributed by atoms with Crippen LogP contribution in [0.2, 0.25) is 5.02 Å². The van der Waals surface area contributed by atoms with Gasteiger partial charge >= 0.3 is 5.97 Å². The summed E-state index contributed by atoms with van der Waals surface area (Å²) in [6.07, 6.45) is 3.27. The van der Waals surface area contributed by atoms with Crippen LogP contribution in [0.4, 0.5) is 4.39 Å². The summed E-state index contributed by atoms with van der Waals surface area (Å²) in [7, 11) is 1.40. The summed E-state index contributed by atoms with van der Waals surface area (Å²) < 4.78 is 33.0. The van der Waals surface area contributed by atoms with Crippen LogP contribution in [0.1, 0.15) is 46.7 Å². The second kappa shape index (κ2) is 10.9. The van der Waals surface area contributed by atoms with Crippen molar-refractivity contribution in [2.45, 2.75) is 50.5 Å². The van der Waals surface area contributed by atoms with Crippen LogP contribution >= 0.6 is 11.6 Å². The maximum Gasteiger partial charge on any atom is 0.337 e. The number of methoxy groups -OCH3 is 1. The van der Waals surface area contributed by atoms with Crippen LogP contribution in [0, 0.1) is 11.7 Å². The van der Waals surface area contributed by atoms with Crippen LogP contribution in [0.5, 0.6) is 5.88 Å². The van der Waals surface area contributed by atoms with E-state index in [2.05, 4.69) is 15.5 Å². The smallest absolute Gasteiger partial charge is 0.337 e. The molecule has 218 valence electrons. The number of likely N-dealkylation sites (tertiary alicyclic amines) is 1. The van der Waals surface area contributed by atoms with Crippen molar-refractivity contribution in [2.75, 3.05) is 26.8 Å². The molecule has 0 N–H and O–H groups in total. The molecule has 0 radical (unpaired) electrons. The van der Waals surface area contributed by atoms with E-state index >= 15 is 0 Å². The van der Waals surface area contributed by atoms with Crippen LogP contribution < -0.4 is 4.74 Å². The van der Waals surface area contributed by atoms with E-state index in [1.165, 1.54) is 13.2 Å². The summed E-state index contributed by atoms with van der Waals surface area (Å²) in [5.74, 6) is 1.25. The number of carbonyl (C=O) groups excluding carboxylic acids is 1. The van der Waals surface area contributed by atoms with Crippen molar-refractivity contribution in [3.05, 3.63) is 88.1 Å². The normalized spacial score (nSPS) is 23.3. The quantitative estimate of drug-likeness (QED) is 0.237. The molecule has 4 heterocycles. The van der Waals surface area contributed by atoms with E-state index in [4.69, 9.17) is 35.8 Å². The van der Waals surface area contributed by atoms with Gasteiger partial charge in [0.25, 0.3) is 0 Å². The first-order valence-corrected chi connectivity index (χ1v) is 14.8. The molecular formula is C32H32ClFN4O4. The average molecular weight is 591 g/mol. The van der Waals surface area contributed by atoms with E-state index in [0.29, 0.717) is 34.5 Å². The van der Waals surface area contributed by atoms with Gasteiger partial charge in [0, 0.05) is 35.2 Å². The first-order valence-electron chi connectivity index (χ1n) is 14.4. The highest BCUT2D eigenvalue weighted by atomic mass is 35.5. The van der Waals surface area contributed by atoms with Crippen molar-refractivity contribution in [2.24, 2.45) is 5.92 Å². The first kappa shape index (κ1) is 27.3. The molecule has 2 aliphatic heterocycles. The molecule has 2 aromatic heterocycles. The van der Waals surface area contributed by atoms with Crippen molar-refractivity contribution < 1.29 is 23.4 Å². The molecule has 0 amide bonds. The zero-order chi connectivity index (χ0) is 28.8. The van der Waals surface area contributed by atoms with Crippen molar-refractivity contribution in [3.63, 3.8) is 0 Å². The standard InChI is InChI=1S/C32H32ClFN4O4/c1-40-31(39)20-6-8-26-27(13-20)38(17-24-9-12-41-24)29(35-26)18-37-11-10-32(15-22(32)16-37)28-3-2-4-30(36-28)42-19-21-5-7-23(33)14-25(21)34/h2-8,13-14,22,24H,9-12,15-19H2,1H3/t22-,24-,32+/m0/s1. The van der Waals surface area contributed by atoms with Gasteiger partial charge in [0.05, 0.1) is 48.6 Å². The highest BCUT2D eigenvalue weighted by Crippen LogP contribution is 2.59. The van der Waals surface area contributed by atoms with Gasteiger partial charge in [-0.05, 0) is 68.1 Å². The number of imidazole rings is 1. The number of halogens is 2. The predicted molar refractivity (Wildman–Crippen MR) is 155 cm³/mol. The molecule has 3 atom stereocenters. The summed E-state index contributed by atoms with van der Waals surface area (Å²) in [4.78, 5) is 24.5. The Morgan fingerprint density at radius 1 is 1.19 bits per heavy atom. The lowest BCUT2D eigenvalue weighted by molar-refractivity contribution is -0.0592. The Labute approximate surface area is 248 Å². The number of piperidine rings is 1. The second-order valence-corrected chi connectivity index (χ2v) is 12.0. The summed E-state index contributed by atoms with van der Waals surface area (Å²) in [6.45, 7) is 4.21. The van der Waals surface area contributed by atoms with Gasteiger partial charge in [-0.15, -0.1) is 0 Å². The van der Waals surface area contributed by atoms with E-state index in [1.807, 2.05) is 24.3 Å². The molecule has 4 aromatic rings. The van der Waals surface area contributed by atoms with Gasteiger partial charge < -0.3 is 18.8 Å². The van der Waals surface area contributed by atoms with Gasteiger partial charge in [0.15, 0.2) is 0 Å². The maximum absolute atomic E-state index is 14.2. The number of fused-ring (bicyclic) bond motifs is 2. The molecule has 1 aliphatic carbocycles. The van der Waals surface area contributed by atoms with E-state index in [-0.39, 0.29) is 29.9 Å². The highest BCUT2D eigenvalue weighted by molar-refractivity contribution is 6.30. The van der Waals surface area contributed by atoms with E-state index < -0.39 is 0 Å². The van der Waals surface area contributed by atoms with Gasteiger partial charge in [-0.25, -0.2) is 19.2 Å². The Kier molecular flexibility index (Phi) is 7.12. The van der Waals surface area contributed by atoms with Gasteiger partial charge in [0.1, 0.15) is 18.2 Å². The topological polar surface area (TPSA) is 78.7 Å². The molecule has 8 nitrogen and oxygen atoms in total. The number of ether oxygens (including phenoxy) is 3. The zero-order valence-electron chi connectivity index (χ0n) is 23.4. The number of nitrogens with zero attached hydrogens (tertiary/aromatic N) is 4. The molecular weight excluding hydrogens is 559 g/mol. The largest absolute Gasteiger partial charge is 0.473 e. The Bertz CT molecular complexity index is 1660. The van der Waals surface area contributed by atoms with Crippen LogP contribution in [0.3, 0.4) is 0 Å². The molecule has 10 heteroatoms. The van der Waals surface area contributed by atoms with E-state index in [1.54, 1.807) is 18.2 Å². The molecule has 0 bridgehead atoms. The Balaban J connectivity index is 1.05. The minimum atomic E-state index is -0.385. The lowest BCUT2D eigenvalue weighted by Crippen LogP contribution is -2.37. The Morgan fingerprint density at radius 2 is 2.07 bits per heavy atom. The van der Waals surface area contributed by atoms with Crippen molar-refractivity contribution in [1.82, 2.24) is 19.4 Å². The third-order valence-corrected chi connectivity index (χ3v) is 9.24. The van der Waals surface area contributed by atoms with E-state index in [9.17, 15) is 9.18 Å². The lowest BCUT2D eigenvalue weighted by atomic mass is 9.91. The number of aromatic nitrogens is 3. The SMILES string of the molecule is COC(=O)c1ccc2nc(CN3CC[C@@]4(c5cccc(OCc6ccc(Cl)cc6F)n5)C[C@H]4C3)n(C[C@@H]3CCO3)c2c1. The number of carbonyl (C=O) groups is 1. The van der Waals surface area contributed by atoms with Crippen LogP contribution in [-0.4, -0.2) is 58.3 Å². The van der Waals surface area contributed by atoms with Gasteiger partial charge in [0.2, 0.25) is 5.88 Å². The van der Waals surface area contributed by atoms with Crippen molar-refractivity contribution in [3.8, 4) is 5.88 Å². The highest BCUT2D eigenvalue weighted by Gasteiger charge is 2.58. The fraction of sp³-hybridized carbons (Fsp3) is 0.406. The minimum Gasteiger partial charge on any atom is -0.473 e. The summed E-state index contributed by atoms with van der Waals surface area (Å²) in [6, 6.07) is 16.0. The fourth-order valence-electron chi connectivity index (χ4n) is 6.41. The third-order valence-electron chi connectivity index (χ3n) is 9.00. The number of hydrogen-bond donors (Lipinski definition) is 0. The Morgan fingerprint density at radius 3 is 2.83 bits per heavy atom. The molecule has 3 fully saturated rings. The molecule has 0 spiro atoms. The zero-order valence-corrected chi connectivity index (χ0v) is 24.1. The van der Waals surface area contributed by atoms with Gasteiger partial charge in [-0.3, -0.25) is 4.90 Å². The van der Waals surface area contributed by atoms with Gasteiger partial charge in [-0.2, -0.15) is 0 Å². The number of pyridine rings is 1. The molecule has 1 saturated carbocycles. The minimum absolute atomic E-state index is 0.0523. The van der Waals surface area contributed by atoms with Crippen molar-refractivity contribution in [1.29, 1.82) is 0 Å². The number of benzene rings is 2. The molecule has 2 aromatic carbocycles. The fourth-order valence-corrected chi connectivity index (χ4v) is 6.57. The van der Waals surface area contributed by atoms with E-state index in [0.717, 1.165) is 68.1 Å². The predicted octanol–water partition coefficient (Wildman–Crippen LogP) is 5.54. The number of esters is 1. The van der Waals surface area contributed by atoms with Crippen LogP contribution in [0.15, 0.2) is 54.6 Å². The molecule has 2 saturated heterocycles. The molecule has 42 heavy (non-hydrogen) atoms. The molecule has 3 aliphatic rings. The summed E-state index contributed by atoms with van der Waals surface area (Å²) >= 11 is 5.87. The lowest BCUT2D eigenvalue weighted by Gasteiger charge is -2.32. The second-order valence-electron chi connectivity index (χ2n) is 11.5. The van der Waals surface area contributed by atoms with Crippen molar-refractivity contribution >= 4 is 28.6 Å². The third kappa shape index (κ3) is 5.14.